The minimum atomic E-state index is 0.00917. The van der Waals surface area contributed by atoms with Gasteiger partial charge in [-0.25, -0.2) is 9.67 Å². The Morgan fingerprint density at radius 2 is 1.88 bits per heavy atom. The maximum atomic E-state index is 13.2. The molecule has 0 fully saturated rings. The van der Waals surface area contributed by atoms with Gasteiger partial charge in [0.2, 0.25) is 0 Å². The van der Waals surface area contributed by atoms with Gasteiger partial charge < -0.3 is 4.90 Å². The smallest absolute Gasteiger partial charge is 0.255 e. The van der Waals surface area contributed by atoms with Crippen LogP contribution in [0.2, 0.25) is 0 Å². The van der Waals surface area contributed by atoms with E-state index in [9.17, 15) is 4.79 Å². The summed E-state index contributed by atoms with van der Waals surface area (Å²) in [5.41, 5.74) is 2.55. The van der Waals surface area contributed by atoms with Crippen molar-refractivity contribution in [2.24, 2.45) is 0 Å². The molecule has 5 nitrogen and oxygen atoms in total. The van der Waals surface area contributed by atoms with Gasteiger partial charge in [0.15, 0.2) is 5.65 Å². The quantitative estimate of drug-likeness (QED) is 0.660. The predicted octanol–water partition coefficient (Wildman–Crippen LogP) is 4.45. The first-order valence-electron chi connectivity index (χ1n) is 9.19. The third-order valence-corrected chi connectivity index (χ3v) is 4.75. The summed E-state index contributed by atoms with van der Waals surface area (Å²) in [4.78, 5) is 19.6. The van der Waals surface area contributed by atoms with Crippen LogP contribution in [0.3, 0.4) is 0 Å². The molecule has 1 aromatic carbocycles. The first kappa shape index (κ1) is 18.1. The maximum absolute atomic E-state index is 13.2. The first-order chi connectivity index (χ1) is 12.5. The molecular weight excluding hydrogens is 324 g/mol. The molecule has 3 aromatic rings. The van der Waals surface area contributed by atoms with Crippen LogP contribution in [0.1, 0.15) is 56.1 Å². The van der Waals surface area contributed by atoms with Gasteiger partial charge in [-0.05, 0) is 38.8 Å². The summed E-state index contributed by atoms with van der Waals surface area (Å²) in [6.45, 7) is 8.92. The Balaban J connectivity index is 1.92. The highest BCUT2D eigenvalue weighted by Gasteiger charge is 2.22. The number of hydrogen-bond donors (Lipinski definition) is 0. The second-order valence-electron chi connectivity index (χ2n) is 7.00. The third-order valence-electron chi connectivity index (χ3n) is 4.75. The van der Waals surface area contributed by atoms with Crippen LogP contribution in [0.25, 0.3) is 11.0 Å². The molecular formula is C21H26N4O. The molecule has 3 rings (SSSR count). The van der Waals surface area contributed by atoms with Gasteiger partial charge in [0.05, 0.1) is 11.8 Å². The molecule has 0 aliphatic heterocycles. The number of rotatable bonds is 6. The fourth-order valence-corrected chi connectivity index (χ4v) is 3.03. The minimum Gasteiger partial charge on any atom is -0.332 e. The Bertz CT molecular complexity index is 885. The summed E-state index contributed by atoms with van der Waals surface area (Å²) in [5.74, 6) is 0.00917. The summed E-state index contributed by atoms with van der Waals surface area (Å²) in [6, 6.07) is 12.4. The Labute approximate surface area is 154 Å². The normalized spacial score (nSPS) is 12.5. The Hall–Kier alpha value is -2.69. The number of amides is 1. The van der Waals surface area contributed by atoms with Crippen molar-refractivity contribution in [1.29, 1.82) is 0 Å². The van der Waals surface area contributed by atoms with Gasteiger partial charge in [-0.1, -0.05) is 37.3 Å². The molecule has 1 atom stereocenters. The largest absolute Gasteiger partial charge is 0.332 e. The molecule has 2 aromatic heterocycles. The third kappa shape index (κ3) is 3.62. The van der Waals surface area contributed by atoms with Gasteiger partial charge in [0, 0.05) is 30.2 Å². The Morgan fingerprint density at radius 1 is 1.15 bits per heavy atom. The minimum absolute atomic E-state index is 0.00917. The van der Waals surface area contributed by atoms with Crippen molar-refractivity contribution >= 4 is 16.9 Å². The summed E-state index contributed by atoms with van der Waals surface area (Å²) in [7, 11) is 0. The zero-order chi connectivity index (χ0) is 18.7. The zero-order valence-corrected chi connectivity index (χ0v) is 15.9. The highest BCUT2D eigenvalue weighted by molar-refractivity contribution is 5.97. The summed E-state index contributed by atoms with van der Waals surface area (Å²) < 4.78 is 1.87. The average Bonchev–Trinajstić information content (AvgIpc) is 3.09. The predicted molar refractivity (Wildman–Crippen MR) is 104 cm³/mol. The van der Waals surface area contributed by atoms with Crippen LogP contribution < -0.4 is 0 Å². The molecule has 0 bridgehead atoms. The van der Waals surface area contributed by atoms with Crippen molar-refractivity contribution in [2.75, 3.05) is 0 Å². The van der Waals surface area contributed by atoms with Crippen LogP contribution >= 0.6 is 0 Å². The molecule has 1 unspecified atom stereocenters. The van der Waals surface area contributed by atoms with E-state index in [4.69, 9.17) is 0 Å². The van der Waals surface area contributed by atoms with E-state index in [1.807, 2.05) is 33.8 Å². The van der Waals surface area contributed by atoms with E-state index < -0.39 is 0 Å². The van der Waals surface area contributed by atoms with Crippen LogP contribution in [-0.2, 0) is 6.54 Å². The Morgan fingerprint density at radius 3 is 2.54 bits per heavy atom. The highest BCUT2D eigenvalue weighted by Crippen LogP contribution is 2.20. The lowest BCUT2D eigenvalue weighted by molar-refractivity contribution is 0.0671. The van der Waals surface area contributed by atoms with Gasteiger partial charge in [-0.2, -0.15) is 5.10 Å². The van der Waals surface area contributed by atoms with Crippen molar-refractivity contribution < 1.29 is 4.79 Å². The molecule has 0 saturated carbocycles. The summed E-state index contributed by atoms with van der Waals surface area (Å²) in [5, 5.41) is 5.29. The molecule has 5 heteroatoms. The number of carbonyl (C=O) groups excluding carboxylic acids is 1. The number of pyridine rings is 1. The SMILES string of the molecule is CCC(C)N(Cc1ccccc1)C(=O)c1cnc2c(cnn2C(C)C)c1. The molecule has 0 aliphatic rings. The molecule has 26 heavy (non-hydrogen) atoms. The van der Waals surface area contributed by atoms with Crippen molar-refractivity contribution in [2.45, 2.75) is 52.7 Å². The molecule has 0 N–H and O–H groups in total. The summed E-state index contributed by atoms with van der Waals surface area (Å²) in [6.07, 6.45) is 4.36. The first-order valence-corrected chi connectivity index (χ1v) is 9.19. The van der Waals surface area contributed by atoms with Crippen molar-refractivity contribution in [3.8, 4) is 0 Å². The topological polar surface area (TPSA) is 51.0 Å². The van der Waals surface area contributed by atoms with E-state index in [0.29, 0.717) is 12.1 Å². The van der Waals surface area contributed by atoms with E-state index in [1.54, 1.807) is 12.4 Å². The van der Waals surface area contributed by atoms with E-state index in [0.717, 1.165) is 23.0 Å². The van der Waals surface area contributed by atoms with Crippen LogP contribution in [0.15, 0.2) is 48.8 Å². The van der Waals surface area contributed by atoms with Gasteiger partial charge in [0.1, 0.15) is 0 Å². The van der Waals surface area contributed by atoms with E-state index in [1.165, 1.54) is 0 Å². The molecule has 0 saturated heterocycles. The number of fused-ring (bicyclic) bond motifs is 1. The standard InChI is InChI=1S/C21H26N4O/c1-5-16(4)24(14-17-9-7-6-8-10-17)21(26)19-11-18-13-23-25(15(2)3)20(18)22-12-19/h6-13,15-16H,5,14H2,1-4H3. The average molecular weight is 350 g/mol. The monoisotopic (exact) mass is 350 g/mol. The van der Waals surface area contributed by atoms with Gasteiger partial charge in [-0.3, -0.25) is 4.79 Å². The highest BCUT2D eigenvalue weighted by atomic mass is 16.2. The van der Waals surface area contributed by atoms with Crippen LogP contribution in [0, 0.1) is 0 Å². The fourth-order valence-electron chi connectivity index (χ4n) is 3.03. The van der Waals surface area contributed by atoms with Gasteiger partial charge in [0.25, 0.3) is 5.91 Å². The van der Waals surface area contributed by atoms with Crippen molar-refractivity contribution in [3.05, 3.63) is 59.9 Å². The molecule has 0 spiro atoms. The molecule has 2 heterocycles. The number of benzene rings is 1. The second kappa shape index (κ2) is 7.68. The van der Waals surface area contributed by atoms with Gasteiger partial charge in [-0.15, -0.1) is 0 Å². The molecule has 0 radical (unpaired) electrons. The van der Waals surface area contributed by atoms with Crippen LogP contribution in [0.5, 0.6) is 0 Å². The number of aromatic nitrogens is 3. The maximum Gasteiger partial charge on any atom is 0.255 e. The molecule has 1 amide bonds. The van der Waals surface area contributed by atoms with Gasteiger partial charge >= 0.3 is 0 Å². The van der Waals surface area contributed by atoms with Crippen LogP contribution in [0.4, 0.5) is 0 Å². The lowest BCUT2D eigenvalue weighted by Gasteiger charge is -2.29. The molecule has 0 aliphatic carbocycles. The number of carbonyl (C=O) groups is 1. The lowest BCUT2D eigenvalue weighted by atomic mass is 10.1. The van der Waals surface area contributed by atoms with Crippen molar-refractivity contribution in [1.82, 2.24) is 19.7 Å². The zero-order valence-electron chi connectivity index (χ0n) is 15.9. The molecule has 136 valence electrons. The number of nitrogens with zero attached hydrogens (tertiary/aromatic N) is 4. The fraction of sp³-hybridized carbons (Fsp3) is 0.381. The van der Waals surface area contributed by atoms with E-state index in [-0.39, 0.29) is 18.0 Å². The lowest BCUT2D eigenvalue weighted by Crippen LogP contribution is -2.37. The summed E-state index contributed by atoms with van der Waals surface area (Å²) >= 11 is 0. The van der Waals surface area contributed by atoms with Crippen molar-refractivity contribution in [3.63, 3.8) is 0 Å². The van der Waals surface area contributed by atoms with Crippen LogP contribution in [-0.4, -0.2) is 31.6 Å². The number of hydrogen-bond acceptors (Lipinski definition) is 3. The van der Waals surface area contributed by atoms with E-state index >= 15 is 0 Å². The Kier molecular flexibility index (Phi) is 5.35. The van der Waals surface area contributed by atoms with E-state index in [2.05, 4.69) is 49.9 Å². The second-order valence-corrected chi connectivity index (χ2v) is 7.00.